The van der Waals surface area contributed by atoms with Crippen molar-refractivity contribution in [2.24, 2.45) is 0 Å². The Labute approximate surface area is 161 Å². The first kappa shape index (κ1) is 20.4. The van der Waals surface area contributed by atoms with Crippen LogP contribution in [0.3, 0.4) is 0 Å². The lowest BCUT2D eigenvalue weighted by molar-refractivity contribution is -0.121. The number of nitrogens with one attached hydrogen (secondary N) is 2. The molecule has 2 amide bonds. The molecule has 26 heavy (non-hydrogen) atoms. The van der Waals surface area contributed by atoms with E-state index in [4.69, 9.17) is 4.74 Å². The Morgan fingerprint density at radius 2 is 2.15 bits per heavy atom. The number of methoxy groups -OCH3 is 1. The Balaban J connectivity index is 2.14. The number of carbonyl (C=O) groups is 2. The summed E-state index contributed by atoms with van der Waals surface area (Å²) in [7, 11) is 1.56. The maximum atomic E-state index is 12.1. The topological polar surface area (TPSA) is 91.2 Å². The predicted molar refractivity (Wildman–Crippen MR) is 104 cm³/mol. The third-order valence-electron chi connectivity index (χ3n) is 3.85. The summed E-state index contributed by atoms with van der Waals surface area (Å²) in [4.78, 5) is 25.1. The maximum absolute atomic E-state index is 12.1. The van der Waals surface area contributed by atoms with E-state index in [0.29, 0.717) is 23.8 Å². The van der Waals surface area contributed by atoms with Gasteiger partial charge in [-0.1, -0.05) is 23.9 Å². The van der Waals surface area contributed by atoms with E-state index in [2.05, 4.69) is 16.7 Å². The van der Waals surface area contributed by atoms with Crippen LogP contribution in [0.25, 0.3) is 0 Å². The molecule has 0 fully saturated rings. The van der Waals surface area contributed by atoms with Crippen LogP contribution >= 0.6 is 23.5 Å². The highest BCUT2D eigenvalue weighted by Gasteiger charge is 2.29. The molecular formula is C18H21N3O3S2. The number of benzene rings is 1. The van der Waals surface area contributed by atoms with Crippen molar-refractivity contribution in [2.45, 2.75) is 17.2 Å². The number of hydrogen-bond acceptors (Lipinski definition) is 6. The monoisotopic (exact) mass is 391 g/mol. The first-order valence-corrected chi connectivity index (χ1v) is 10.3. The molecule has 0 aliphatic carbocycles. The number of nitriles is 1. The van der Waals surface area contributed by atoms with Crippen LogP contribution < -0.4 is 10.6 Å². The number of amides is 2. The first-order valence-electron chi connectivity index (χ1n) is 8.05. The molecule has 0 aromatic heterocycles. The minimum Gasteiger partial charge on any atom is -0.383 e. The van der Waals surface area contributed by atoms with Crippen LogP contribution in [0.1, 0.15) is 17.9 Å². The second-order valence-corrected chi connectivity index (χ2v) is 7.43. The van der Waals surface area contributed by atoms with Gasteiger partial charge >= 0.3 is 0 Å². The fourth-order valence-electron chi connectivity index (χ4n) is 2.54. The molecule has 2 N–H and O–H groups in total. The van der Waals surface area contributed by atoms with E-state index < -0.39 is 0 Å². The second kappa shape index (κ2) is 10.3. The molecule has 1 aliphatic rings. The third-order valence-corrected chi connectivity index (χ3v) is 5.61. The van der Waals surface area contributed by atoms with Gasteiger partial charge in [-0.05, 0) is 24.0 Å². The Morgan fingerprint density at radius 3 is 2.77 bits per heavy atom. The van der Waals surface area contributed by atoms with Crippen molar-refractivity contribution < 1.29 is 14.3 Å². The fourth-order valence-corrected chi connectivity index (χ4v) is 3.85. The molecule has 6 nitrogen and oxygen atoms in total. The maximum Gasteiger partial charge on any atom is 0.230 e. The van der Waals surface area contributed by atoms with Gasteiger partial charge in [0.15, 0.2) is 0 Å². The van der Waals surface area contributed by atoms with Gasteiger partial charge in [0.05, 0.1) is 29.0 Å². The van der Waals surface area contributed by atoms with Crippen LogP contribution in [0.2, 0.25) is 0 Å². The van der Waals surface area contributed by atoms with Crippen molar-refractivity contribution in [2.75, 3.05) is 32.3 Å². The van der Waals surface area contributed by atoms with Crippen LogP contribution in [-0.4, -0.2) is 44.1 Å². The lowest BCUT2D eigenvalue weighted by atomic mass is 9.87. The van der Waals surface area contributed by atoms with Crippen molar-refractivity contribution in [3.8, 4) is 6.07 Å². The third kappa shape index (κ3) is 5.53. The number of hydrogen-bond donors (Lipinski definition) is 2. The van der Waals surface area contributed by atoms with E-state index in [1.165, 1.54) is 11.8 Å². The Morgan fingerprint density at radius 1 is 1.42 bits per heavy atom. The average molecular weight is 392 g/mol. The predicted octanol–water partition coefficient (Wildman–Crippen LogP) is 2.24. The SMILES string of the molecule is COCCNC(=O)CSC1=C(C#N)[C@@H](c2ccc(SC)cc2)CC(=O)N1. The molecule has 1 aromatic rings. The summed E-state index contributed by atoms with van der Waals surface area (Å²) in [5, 5.41) is 15.5. The van der Waals surface area contributed by atoms with Crippen LogP contribution in [0.4, 0.5) is 0 Å². The quantitative estimate of drug-likeness (QED) is 0.522. The highest BCUT2D eigenvalue weighted by molar-refractivity contribution is 8.03. The van der Waals surface area contributed by atoms with E-state index in [9.17, 15) is 14.9 Å². The smallest absolute Gasteiger partial charge is 0.230 e. The fraction of sp³-hybridized carbons (Fsp3) is 0.389. The lowest BCUT2D eigenvalue weighted by Gasteiger charge is -2.25. The molecule has 138 valence electrons. The van der Waals surface area contributed by atoms with Gasteiger partial charge in [0.1, 0.15) is 0 Å². The Bertz CT molecular complexity index is 726. The minimum atomic E-state index is -0.288. The van der Waals surface area contributed by atoms with Gasteiger partial charge < -0.3 is 15.4 Å². The van der Waals surface area contributed by atoms with Gasteiger partial charge in [-0.2, -0.15) is 5.26 Å². The lowest BCUT2D eigenvalue weighted by Crippen LogP contribution is -2.33. The molecular weight excluding hydrogens is 370 g/mol. The number of rotatable bonds is 8. The summed E-state index contributed by atoms with van der Waals surface area (Å²) < 4.78 is 4.88. The van der Waals surface area contributed by atoms with E-state index in [1.807, 2.05) is 30.5 Å². The molecule has 0 saturated heterocycles. The number of ether oxygens (including phenoxy) is 1. The summed E-state index contributed by atoms with van der Waals surface area (Å²) in [5.41, 5.74) is 1.42. The van der Waals surface area contributed by atoms with Gasteiger partial charge in [-0.3, -0.25) is 9.59 Å². The summed E-state index contributed by atoms with van der Waals surface area (Å²) in [6.45, 7) is 0.865. The van der Waals surface area contributed by atoms with E-state index in [-0.39, 0.29) is 29.9 Å². The zero-order valence-electron chi connectivity index (χ0n) is 14.7. The summed E-state index contributed by atoms with van der Waals surface area (Å²) in [6.07, 6.45) is 2.22. The summed E-state index contributed by atoms with van der Waals surface area (Å²) >= 11 is 2.81. The first-order chi connectivity index (χ1) is 12.6. The minimum absolute atomic E-state index is 0.128. The zero-order valence-corrected chi connectivity index (χ0v) is 16.3. The van der Waals surface area contributed by atoms with Crippen LogP contribution in [0.5, 0.6) is 0 Å². The van der Waals surface area contributed by atoms with Crippen LogP contribution in [0, 0.1) is 11.3 Å². The Hall–Kier alpha value is -1.95. The number of thioether (sulfide) groups is 2. The largest absolute Gasteiger partial charge is 0.383 e. The standard InChI is InChI=1S/C18H21N3O3S2/c1-24-8-7-20-17(23)11-26-18-15(10-19)14(9-16(22)21-18)12-3-5-13(25-2)6-4-12/h3-6,14H,7-9,11H2,1-2H3,(H,20,23)(H,21,22)/t14-/m1/s1. The molecule has 1 aromatic carbocycles. The molecule has 1 atom stereocenters. The number of allylic oxidation sites excluding steroid dienone is 1. The van der Waals surface area contributed by atoms with Gasteiger partial charge in [0, 0.05) is 30.9 Å². The van der Waals surface area contributed by atoms with E-state index in [0.717, 1.165) is 10.5 Å². The van der Waals surface area contributed by atoms with Gasteiger partial charge in [-0.25, -0.2) is 0 Å². The van der Waals surface area contributed by atoms with Gasteiger partial charge in [0.2, 0.25) is 11.8 Å². The molecule has 2 rings (SSSR count). The van der Waals surface area contributed by atoms with Gasteiger partial charge in [0.25, 0.3) is 0 Å². The normalized spacial score (nSPS) is 16.8. The van der Waals surface area contributed by atoms with Crippen molar-refractivity contribution in [3.63, 3.8) is 0 Å². The molecule has 8 heteroatoms. The average Bonchev–Trinajstić information content (AvgIpc) is 2.66. The van der Waals surface area contributed by atoms with Crippen molar-refractivity contribution in [3.05, 3.63) is 40.4 Å². The molecule has 0 saturated carbocycles. The Kier molecular flexibility index (Phi) is 8.04. The van der Waals surface area contributed by atoms with Gasteiger partial charge in [-0.15, -0.1) is 11.8 Å². The molecule has 0 unspecified atom stereocenters. The van der Waals surface area contributed by atoms with Crippen molar-refractivity contribution in [1.29, 1.82) is 5.26 Å². The second-order valence-electron chi connectivity index (χ2n) is 5.56. The van der Waals surface area contributed by atoms with E-state index >= 15 is 0 Å². The molecule has 1 heterocycles. The van der Waals surface area contributed by atoms with Crippen molar-refractivity contribution in [1.82, 2.24) is 10.6 Å². The highest BCUT2D eigenvalue weighted by Crippen LogP contribution is 2.36. The summed E-state index contributed by atoms with van der Waals surface area (Å²) in [6, 6.07) is 10.1. The van der Waals surface area contributed by atoms with Crippen LogP contribution in [-0.2, 0) is 14.3 Å². The highest BCUT2D eigenvalue weighted by atomic mass is 32.2. The summed E-state index contributed by atoms with van der Waals surface area (Å²) in [5.74, 6) is -0.477. The molecule has 1 aliphatic heterocycles. The van der Waals surface area contributed by atoms with Crippen molar-refractivity contribution >= 4 is 35.3 Å². The van der Waals surface area contributed by atoms with E-state index in [1.54, 1.807) is 18.9 Å². The molecule has 0 radical (unpaired) electrons. The zero-order chi connectivity index (χ0) is 18.9. The molecule has 0 bridgehead atoms. The number of carbonyl (C=O) groups excluding carboxylic acids is 2. The van der Waals surface area contributed by atoms with Crippen LogP contribution in [0.15, 0.2) is 39.8 Å². The number of nitrogens with zero attached hydrogens (tertiary/aromatic N) is 1. The molecule has 0 spiro atoms.